The number of pyridine rings is 2. The molecule has 5 heteroatoms. The van der Waals surface area contributed by atoms with Crippen LogP contribution < -0.4 is 0 Å². The van der Waals surface area contributed by atoms with E-state index < -0.39 is 11.8 Å². The van der Waals surface area contributed by atoms with E-state index in [1.807, 2.05) is 99.6 Å². The zero-order valence-electron chi connectivity index (χ0n) is 28.7. The molecule has 0 N–H and O–H groups in total. The summed E-state index contributed by atoms with van der Waals surface area (Å²) in [5.74, 6) is 0. The van der Waals surface area contributed by atoms with Crippen LogP contribution in [0, 0.1) is 17.5 Å². The minimum atomic E-state index is -1.53. The van der Waals surface area contributed by atoms with Crippen molar-refractivity contribution < 1.29 is 31.7 Å². The maximum absolute atomic E-state index is 8.72. The molecule has 0 saturated carbocycles. The Balaban J connectivity index is 0.000000255. The third kappa shape index (κ3) is 5.92. The molecule has 5 aromatic carbocycles. The number of hydrogen-bond acceptors (Lipinski definition) is 4. The maximum Gasteiger partial charge on any atom is 0.143 e. The summed E-state index contributed by atoms with van der Waals surface area (Å²) in [5, 5.41) is 6.15. The molecule has 0 amide bonds. The summed E-state index contributed by atoms with van der Waals surface area (Å²) < 4.78 is 30.3. The first-order valence-corrected chi connectivity index (χ1v) is 15.7. The van der Waals surface area contributed by atoms with Gasteiger partial charge in [-0.15, -0.1) is 54.1 Å². The van der Waals surface area contributed by atoms with E-state index in [-0.39, 0.29) is 20.1 Å². The fourth-order valence-corrected chi connectivity index (χ4v) is 6.13. The van der Waals surface area contributed by atoms with Crippen LogP contribution in [0.5, 0.6) is 0 Å². The first-order valence-electron chi connectivity index (χ1n) is 16.7. The van der Waals surface area contributed by atoms with Crippen molar-refractivity contribution in [1.82, 2.24) is 9.97 Å². The second-order valence-electron chi connectivity index (χ2n) is 12.6. The molecule has 0 unspecified atom stereocenters. The van der Waals surface area contributed by atoms with Crippen molar-refractivity contribution in [3.63, 3.8) is 0 Å². The molecule has 237 valence electrons. The number of benzene rings is 5. The van der Waals surface area contributed by atoms with Gasteiger partial charge in [0.25, 0.3) is 0 Å². The van der Waals surface area contributed by atoms with Gasteiger partial charge in [-0.1, -0.05) is 79.7 Å². The fourth-order valence-electron chi connectivity index (χ4n) is 6.13. The molecule has 0 fully saturated rings. The number of hydrogen-bond donors (Lipinski definition) is 0. The van der Waals surface area contributed by atoms with E-state index in [4.69, 9.17) is 11.6 Å². The normalized spacial score (nSPS) is 12.5. The van der Waals surface area contributed by atoms with E-state index in [1.165, 1.54) is 0 Å². The molecule has 48 heavy (non-hydrogen) atoms. The average Bonchev–Trinajstić information content (AvgIpc) is 3.71. The zero-order valence-corrected chi connectivity index (χ0v) is 29.1. The summed E-state index contributed by atoms with van der Waals surface area (Å²) in [6, 6.07) is 44.1. The number of rotatable bonds is 3. The quantitative estimate of drug-likeness (QED) is 0.167. The van der Waals surface area contributed by atoms with Gasteiger partial charge in [-0.25, -0.2) is 0 Å². The largest absolute Gasteiger partial charge is 0.500 e. The monoisotopic (exact) mass is 803 g/mol. The van der Waals surface area contributed by atoms with Crippen molar-refractivity contribution in [2.24, 2.45) is 5.41 Å². The Morgan fingerprint density at radius 2 is 1.27 bits per heavy atom. The molecule has 0 saturated heterocycles. The first kappa shape index (κ1) is 29.1. The summed E-state index contributed by atoms with van der Waals surface area (Å²) in [4.78, 5) is 8.80. The van der Waals surface area contributed by atoms with Crippen LogP contribution >= 0.6 is 0 Å². The average molecular weight is 803 g/mol. The van der Waals surface area contributed by atoms with E-state index in [0.29, 0.717) is 16.8 Å². The second-order valence-corrected chi connectivity index (χ2v) is 12.6. The molecule has 4 aromatic heterocycles. The zero-order chi connectivity index (χ0) is 33.8. The summed E-state index contributed by atoms with van der Waals surface area (Å²) in [7, 11) is 0. The molecule has 9 rings (SSSR count). The van der Waals surface area contributed by atoms with E-state index in [9.17, 15) is 0 Å². The van der Waals surface area contributed by atoms with Gasteiger partial charge in [0.1, 0.15) is 16.7 Å². The third-order valence-electron chi connectivity index (χ3n) is 8.12. The van der Waals surface area contributed by atoms with Gasteiger partial charge >= 0.3 is 0 Å². The minimum Gasteiger partial charge on any atom is -0.500 e. The van der Waals surface area contributed by atoms with Crippen molar-refractivity contribution in [2.75, 3.05) is 0 Å². The van der Waals surface area contributed by atoms with Crippen LogP contribution in [0.3, 0.4) is 0 Å². The van der Waals surface area contributed by atoms with Crippen LogP contribution in [0.15, 0.2) is 136 Å². The van der Waals surface area contributed by atoms with E-state index in [0.717, 1.165) is 65.9 Å². The van der Waals surface area contributed by atoms with Gasteiger partial charge in [-0.05, 0) is 59.6 Å². The summed E-state index contributed by atoms with van der Waals surface area (Å²) in [6.07, 6.45) is 1.92. The van der Waals surface area contributed by atoms with Gasteiger partial charge in [0.15, 0.2) is 0 Å². The smallest absolute Gasteiger partial charge is 0.143 e. The molecular formula is C43H32IrN2O2-2. The molecule has 0 aliphatic rings. The molecule has 4 heterocycles. The Kier molecular flexibility index (Phi) is 7.78. The standard InChI is InChI=1S/C32H24NO2.C11H8N.Ir/c1-32(2,3)18-19-15-16-33-27(17-19)26-9-6-8-21-23-13-14-24-25(30(23)35-31(21)26)12-11-22-20-7-4-5-10-28(20)34-29(22)24;1-2-6-10(7-3-1)11-8-4-5-9-12-11;/h4-8,10-17H,18H2,1-3H3;1-6,8-9H;/q2*-1;/i18D2;;. The number of nitrogens with zero attached hydrogens (tertiary/aromatic N) is 2. The summed E-state index contributed by atoms with van der Waals surface area (Å²) in [5.41, 5.74) is 6.59. The molecule has 0 aliphatic heterocycles. The maximum atomic E-state index is 8.72. The Hall–Kier alpha value is -5.09. The molecular weight excluding hydrogens is 769 g/mol. The summed E-state index contributed by atoms with van der Waals surface area (Å²) in [6.45, 7) is 5.72. The van der Waals surface area contributed by atoms with Crippen LogP contribution in [-0.2, 0) is 26.5 Å². The van der Waals surface area contributed by atoms with Crippen LogP contribution in [0.4, 0.5) is 0 Å². The van der Waals surface area contributed by atoms with Crippen molar-refractivity contribution in [1.29, 1.82) is 0 Å². The summed E-state index contributed by atoms with van der Waals surface area (Å²) >= 11 is 0. The van der Waals surface area contributed by atoms with E-state index >= 15 is 0 Å². The van der Waals surface area contributed by atoms with Gasteiger partial charge in [-0.3, -0.25) is 0 Å². The van der Waals surface area contributed by atoms with Crippen molar-refractivity contribution in [3.05, 3.63) is 145 Å². The Morgan fingerprint density at radius 1 is 0.604 bits per heavy atom. The van der Waals surface area contributed by atoms with E-state index in [1.54, 1.807) is 18.5 Å². The predicted octanol–water partition coefficient (Wildman–Crippen LogP) is 11.6. The van der Waals surface area contributed by atoms with Crippen LogP contribution in [-0.4, -0.2) is 9.97 Å². The van der Waals surface area contributed by atoms with Crippen molar-refractivity contribution in [2.45, 2.75) is 27.1 Å². The predicted molar refractivity (Wildman–Crippen MR) is 192 cm³/mol. The van der Waals surface area contributed by atoms with Gasteiger partial charge in [0.2, 0.25) is 0 Å². The van der Waals surface area contributed by atoms with Crippen molar-refractivity contribution in [3.8, 4) is 22.5 Å². The van der Waals surface area contributed by atoms with Gasteiger partial charge in [-0.2, -0.15) is 0 Å². The van der Waals surface area contributed by atoms with E-state index in [2.05, 4.69) is 52.4 Å². The topological polar surface area (TPSA) is 52.1 Å². The van der Waals surface area contributed by atoms with Gasteiger partial charge in [0, 0.05) is 62.2 Å². The molecule has 9 aromatic rings. The third-order valence-corrected chi connectivity index (χ3v) is 8.12. The van der Waals surface area contributed by atoms with Gasteiger partial charge < -0.3 is 18.8 Å². The van der Waals surface area contributed by atoms with Crippen LogP contribution in [0.25, 0.3) is 77.2 Å². The minimum absolute atomic E-state index is 0. The Morgan fingerprint density at radius 3 is 1.98 bits per heavy atom. The SMILES string of the molecule is [2H]C([2H])(c1ccnc(-c2[c-]ccc3c2oc2c3ccc3c2ccc2c4ccccc4oc23)c1)C(C)(C)C.[Ir].[c-]1ccccc1-c1ccccn1. The number of para-hydroxylation sites is 1. The Bertz CT molecular complexity index is 2590. The number of fused-ring (bicyclic) bond motifs is 9. The molecule has 0 bridgehead atoms. The van der Waals surface area contributed by atoms with Gasteiger partial charge in [0.05, 0.1) is 5.58 Å². The Labute approximate surface area is 295 Å². The van der Waals surface area contributed by atoms with Crippen molar-refractivity contribution >= 4 is 54.6 Å². The second kappa shape index (κ2) is 12.8. The first-order chi connectivity index (χ1) is 23.7. The molecule has 0 spiro atoms. The van der Waals surface area contributed by atoms with Crippen LogP contribution in [0.2, 0.25) is 0 Å². The number of aromatic nitrogens is 2. The number of furan rings is 2. The molecule has 0 aliphatic carbocycles. The fraction of sp³-hybridized carbons (Fsp3) is 0.116. The molecule has 1 radical (unpaired) electrons. The van der Waals surface area contributed by atoms with Crippen LogP contribution in [0.1, 0.15) is 29.1 Å². The molecule has 4 nitrogen and oxygen atoms in total. The molecule has 0 atom stereocenters.